The number of anilines is 1. The van der Waals surface area contributed by atoms with Crippen molar-refractivity contribution in [3.05, 3.63) is 29.8 Å². The number of aliphatic hydroxyl groups excluding tert-OH is 1. The van der Waals surface area contributed by atoms with Gasteiger partial charge in [0.15, 0.2) is 0 Å². The van der Waals surface area contributed by atoms with Crippen molar-refractivity contribution in [2.45, 2.75) is 18.9 Å². The molecule has 0 amide bonds. The molecule has 1 aromatic rings. The van der Waals surface area contributed by atoms with E-state index in [2.05, 4.69) is 4.90 Å². The maximum atomic E-state index is 10.9. The molecule has 2 rings (SSSR count). The largest absolute Gasteiger partial charge is 0.481 e. The number of likely N-dealkylation sites (tertiary alicyclic amines) is 1. The number of carboxylic acid groups (broad SMARTS) is 1. The number of aliphatic carboxylic acids is 1. The molecular formula is C16H24N2O3. The molecule has 1 heterocycles. The number of rotatable bonds is 5. The van der Waals surface area contributed by atoms with Gasteiger partial charge in [0.05, 0.1) is 12.0 Å². The van der Waals surface area contributed by atoms with Crippen LogP contribution in [0, 0.1) is 5.92 Å². The summed E-state index contributed by atoms with van der Waals surface area (Å²) in [5.41, 5.74) is 2.01. The lowest BCUT2D eigenvalue weighted by Gasteiger charge is -2.31. The molecule has 0 saturated carbocycles. The van der Waals surface area contributed by atoms with Crippen LogP contribution in [0.1, 0.15) is 24.5 Å². The highest BCUT2D eigenvalue weighted by atomic mass is 16.4. The van der Waals surface area contributed by atoms with Crippen LogP contribution in [0.3, 0.4) is 0 Å². The molecule has 1 atom stereocenters. The minimum atomic E-state index is -0.700. The summed E-state index contributed by atoms with van der Waals surface area (Å²) in [7, 11) is 3.97. The van der Waals surface area contributed by atoms with Crippen molar-refractivity contribution in [1.82, 2.24) is 4.90 Å². The van der Waals surface area contributed by atoms with E-state index in [-0.39, 0.29) is 5.92 Å². The van der Waals surface area contributed by atoms with Gasteiger partial charge in [0, 0.05) is 26.3 Å². The van der Waals surface area contributed by atoms with Gasteiger partial charge in [0.25, 0.3) is 0 Å². The molecule has 5 nitrogen and oxygen atoms in total. The molecule has 1 aromatic carbocycles. The van der Waals surface area contributed by atoms with Crippen LogP contribution in [0.25, 0.3) is 0 Å². The fourth-order valence-corrected chi connectivity index (χ4v) is 2.71. The monoisotopic (exact) mass is 292 g/mol. The van der Waals surface area contributed by atoms with Gasteiger partial charge in [0.1, 0.15) is 0 Å². The zero-order valence-electron chi connectivity index (χ0n) is 12.7. The summed E-state index contributed by atoms with van der Waals surface area (Å²) in [6, 6.07) is 7.89. The summed E-state index contributed by atoms with van der Waals surface area (Å²) in [6.45, 7) is 2.04. The smallest absolute Gasteiger partial charge is 0.306 e. The van der Waals surface area contributed by atoms with E-state index in [4.69, 9.17) is 5.11 Å². The number of carbonyl (C=O) groups is 1. The Morgan fingerprint density at radius 1 is 1.29 bits per heavy atom. The van der Waals surface area contributed by atoms with E-state index in [0.29, 0.717) is 19.4 Å². The molecule has 1 fully saturated rings. The van der Waals surface area contributed by atoms with E-state index in [1.807, 2.05) is 43.3 Å². The topological polar surface area (TPSA) is 64.0 Å². The first-order valence-electron chi connectivity index (χ1n) is 7.38. The first kappa shape index (κ1) is 15.8. The maximum absolute atomic E-state index is 10.9. The second-order valence-corrected chi connectivity index (χ2v) is 5.91. The van der Waals surface area contributed by atoms with Gasteiger partial charge in [-0.1, -0.05) is 12.1 Å². The number of hydrogen-bond donors (Lipinski definition) is 2. The highest BCUT2D eigenvalue weighted by Crippen LogP contribution is 2.22. The third kappa shape index (κ3) is 4.19. The molecule has 1 unspecified atom stereocenters. The number of carboxylic acids is 1. The van der Waals surface area contributed by atoms with Crippen molar-refractivity contribution in [3.63, 3.8) is 0 Å². The van der Waals surface area contributed by atoms with E-state index in [1.165, 1.54) is 0 Å². The molecule has 1 aliphatic heterocycles. The molecule has 0 bridgehead atoms. The second kappa shape index (κ2) is 6.91. The Morgan fingerprint density at radius 3 is 2.33 bits per heavy atom. The van der Waals surface area contributed by atoms with Crippen molar-refractivity contribution in [2.24, 2.45) is 5.92 Å². The lowest BCUT2D eigenvalue weighted by atomic mass is 9.96. The Kier molecular flexibility index (Phi) is 5.20. The maximum Gasteiger partial charge on any atom is 0.306 e. The average Bonchev–Trinajstić information content (AvgIpc) is 2.47. The molecule has 5 heteroatoms. The van der Waals surface area contributed by atoms with Crippen molar-refractivity contribution in [1.29, 1.82) is 0 Å². The van der Waals surface area contributed by atoms with Gasteiger partial charge >= 0.3 is 5.97 Å². The number of aliphatic hydroxyl groups is 1. The van der Waals surface area contributed by atoms with Gasteiger partial charge in [-0.2, -0.15) is 0 Å². The Hall–Kier alpha value is -1.59. The van der Waals surface area contributed by atoms with Crippen LogP contribution < -0.4 is 4.90 Å². The van der Waals surface area contributed by atoms with E-state index in [1.54, 1.807) is 0 Å². The molecule has 116 valence electrons. The summed E-state index contributed by atoms with van der Waals surface area (Å²) < 4.78 is 0. The molecule has 0 spiro atoms. The molecule has 0 aliphatic carbocycles. The van der Waals surface area contributed by atoms with Crippen molar-refractivity contribution >= 4 is 11.7 Å². The molecule has 1 saturated heterocycles. The van der Waals surface area contributed by atoms with Crippen LogP contribution in [-0.2, 0) is 4.79 Å². The molecule has 2 N–H and O–H groups in total. The van der Waals surface area contributed by atoms with Crippen LogP contribution in [-0.4, -0.2) is 54.8 Å². The predicted octanol–water partition coefficient (Wildman–Crippen LogP) is 1.58. The SMILES string of the molecule is CN(C)c1ccc(C(O)CN2CCC(C(=O)O)CC2)cc1. The van der Waals surface area contributed by atoms with Gasteiger partial charge in [-0.3, -0.25) is 4.79 Å². The van der Waals surface area contributed by atoms with Crippen LogP contribution in [0.4, 0.5) is 5.69 Å². The number of β-amino-alcohol motifs (C(OH)–C–C–N with tert-alkyl or cyclic N) is 1. The van der Waals surface area contributed by atoms with Gasteiger partial charge in [-0.05, 0) is 43.6 Å². The summed E-state index contributed by atoms with van der Waals surface area (Å²) >= 11 is 0. The minimum absolute atomic E-state index is 0.224. The van der Waals surface area contributed by atoms with Gasteiger partial charge in [-0.25, -0.2) is 0 Å². The second-order valence-electron chi connectivity index (χ2n) is 5.91. The number of benzene rings is 1. The first-order valence-corrected chi connectivity index (χ1v) is 7.38. The number of piperidine rings is 1. The van der Waals surface area contributed by atoms with Crippen molar-refractivity contribution in [2.75, 3.05) is 38.6 Å². The number of nitrogens with zero attached hydrogens (tertiary/aromatic N) is 2. The summed E-state index contributed by atoms with van der Waals surface area (Å²) in [5, 5.41) is 19.3. The zero-order chi connectivity index (χ0) is 15.4. The first-order chi connectivity index (χ1) is 9.97. The lowest BCUT2D eigenvalue weighted by Crippen LogP contribution is -2.38. The van der Waals surface area contributed by atoms with Crippen LogP contribution >= 0.6 is 0 Å². The summed E-state index contributed by atoms with van der Waals surface area (Å²) in [4.78, 5) is 15.1. The standard InChI is InChI=1S/C16H24N2O3/c1-17(2)14-5-3-12(4-6-14)15(19)11-18-9-7-13(8-10-18)16(20)21/h3-6,13,15,19H,7-11H2,1-2H3,(H,20,21). The average molecular weight is 292 g/mol. The Balaban J connectivity index is 1.87. The Labute approximate surface area is 125 Å². The molecular weight excluding hydrogens is 268 g/mol. The Morgan fingerprint density at radius 2 is 1.86 bits per heavy atom. The lowest BCUT2D eigenvalue weighted by molar-refractivity contribution is -0.143. The van der Waals surface area contributed by atoms with E-state index >= 15 is 0 Å². The molecule has 21 heavy (non-hydrogen) atoms. The quantitative estimate of drug-likeness (QED) is 0.863. The van der Waals surface area contributed by atoms with Gasteiger partial charge in [0.2, 0.25) is 0 Å². The van der Waals surface area contributed by atoms with Crippen molar-refractivity contribution in [3.8, 4) is 0 Å². The third-order valence-electron chi connectivity index (χ3n) is 4.16. The fraction of sp³-hybridized carbons (Fsp3) is 0.562. The van der Waals surface area contributed by atoms with Gasteiger partial charge < -0.3 is 20.0 Å². The van der Waals surface area contributed by atoms with Crippen LogP contribution in [0.15, 0.2) is 24.3 Å². The predicted molar refractivity (Wildman–Crippen MR) is 82.5 cm³/mol. The number of hydrogen-bond acceptors (Lipinski definition) is 4. The van der Waals surface area contributed by atoms with Crippen LogP contribution in [0.2, 0.25) is 0 Å². The fourth-order valence-electron chi connectivity index (χ4n) is 2.71. The zero-order valence-corrected chi connectivity index (χ0v) is 12.7. The third-order valence-corrected chi connectivity index (χ3v) is 4.16. The van der Waals surface area contributed by atoms with Gasteiger partial charge in [-0.15, -0.1) is 0 Å². The highest BCUT2D eigenvalue weighted by molar-refractivity contribution is 5.70. The normalized spacial score (nSPS) is 18.4. The molecule has 1 aliphatic rings. The van der Waals surface area contributed by atoms with E-state index in [9.17, 15) is 9.90 Å². The molecule has 0 aromatic heterocycles. The summed E-state index contributed by atoms with van der Waals surface area (Å²) in [5.74, 6) is -0.924. The van der Waals surface area contributed by atoms with E-state index < -0.39 is 12.1 Å². The van der Waals surface area contributed by atoms with Crippen LogP contribution in [0.5, 0.6) is 0 Å². The van der Waals surface area contributed by atoms with Crippen molar-refractivity contribution < 1.29 is 15.0 Å². The highest BCUT2D eigenvalue weighted by Gasteiger charge is 2.25. The summed E-state index contributed by atoms with van der Waals surface area (Å²) in [6.07, 6.45) is 0.811. The Bertz CT molecular complexity index is 465. The molecule has 0 radical (unpaired) electrons. The van der Waals surface area contributed by atoms with E-state index in [0.717, 1.165) is 24.3 Å². The minimum Gasteiger partial charge on any atom is -0.481 e.